The van der Waals surface area contributed by atoms with Crippen LogP contribution in [-0.2, 0) is 23.8 Å². The van der Waals surface area contributed by atoms with Gasteiger partial charge in [0.1, 0.15) is 10.8 Å². The molecule has 0 aliphatic carbocycles. The summed E-state index contributed by atoms with van der Waals surface area (Å²) < 4.78 is 46.6. The molecule has 0 aliphatic rings. The third-order valence-electron chi connectivity index (χ3n) is 4.26. The summed E-state index contributed by atoms with van der Waals surface area (Å²) in [5.74, 6) is 0.0187. The third-order valence-corrected chi connectivity index (χ3v) is 5.84. The first kappa shape index (κ1) is 23.7. The van der Waals surface area contributed by atoms with Crippen molar-refractivity contribution < 1.29 is 27.5 Å². The number of rotatable bonds is 7. The van der Waals surface area contributed by atoms with E-state index in [0.29, 0.717) is 16.5 Å². The Morgan fingerprint density at radius 3 is 2.53 bits per heavy atom. The highest BCUT2D eigenvalue weighted by Gasteiger charge is 2.38. The highest BCUT2D eigenvalue weighted by atomic mass is 35.5. The number of carbonyl (C=O) groups excluding carboxylic acids is 1. The van der Waals surface area contributed by atoms with E-state index in [0.717, 1.165) is 28.2 Å². The largest absolute Gasteiger partial charge is 0.497 e. The predicted molar refractivity (Wildman–Crippen MR) is 115 cm³/mol. The summed E-state index contributed by atoms with van der Waals surface area (Å²) in [5.41, 5.74) is -0.522. The number of methoxy groups -OCH3 is 1. The van der Waals surface area contributed by atoms with Crippen molar-refractivity contribution in [3.8, 4) is 5.75 Å². The van der Waals surface area contributed by atoms with Gasteiger partial charge in [0, 0.05) is 17.8 Å². The number of aryl methyl sites for hydroxylation is 1. The van der Waals surface area contributed by atoms with E-state index in [4.69, 9.17) is 21.2 Å². The molecule has 0 unspecified atom stereocenters. The van der Waals surface area contributed by atoms with Crippen LogP contribution in [0.5, 0.6) is 5.75 Å². The van der Waals surface area contributed by atoms with Gasteiger partial charge < -0.3 is 9.57 Å². The van der Waals surface area contributed by atoms with Crippen molar-refractivity contribution in [3.63, 3.8) is 0 Å². The minimum absolute atomic E-state index is 0.165. The Morgan fingerprint density at radius 2 is 1.91 bits per heavy atom. The number of hydrogen-bond acceptors (Lipinski definition) is 6. The molecule has 6 nitrogen and oxygen atoms in total. The van der Waals surface area contributed by atoms with Crippen LogP contribution in [0.4, 0.5) is 13.2 Å². The quantitative estimate of drug-likeness (QED) is 0.190. The van der Waals surface area contributed by atoms with Crippen LogP contribution < -0.4 is 4.74 Å². The normalized spacial score (nSPS) is 11.7. The number of ether oxygens (including phenoxy) is 1. The molecule has 0 N–H and O–H groups in total. The van der Waals surface area contributed by atoms with E-state index in [-0.39, 0.29) is 16.2 Å². The Balaban J connectivity index is 1.82. The average molecular weight is 484 g/mol. The molecule has 0 saturated heterocycles. The zero-order valence-corrected chi connectivity index (χ0v) is 18.5. The van der Waals surface area contributed by atoms with Crippen molar-refractivity contribution in [1.82, 2.24) is 9.78 Å². The van der Waals surface area contributed by atoms with Gasteiger partial charge in [-0.25, -0.2) is 4.79 Å². The molecule has 2 aromatic carbocycles. The molecule has 11 heteroatoms. The Labute approximate surface area is 191 Å². The van der Waals surface area contributed by atoms with E-state index in [1.165, 1.54) is 26.3 Å². The van der Waals surface area contributed by atoms with Gasteiger partial charge >= 0.3 is 12.1 Å². The average Bonchev–Trinajstić information content (AvgIpc) is 3.09. The van der Waals surface area contributed by atoms with Crippen molar-refractivity contribution in [2.75, 3.05) is 7.11 Å². The molecule has 0 atom stereocenters. The molecule has 0 amide bonds. The molecule has 0 spiro atoms. The predicted octanol–water partition coefficient (Wildman–Crippen LogP) is 5.58. The molecule has 0 saturated carbocycles. The Kier molecular flexibility index (Phi) is 7.47. The van der Waals surface area contributed by atoms with Gasteiger partial charge in [-0.3, -0.25) is 4.68 Å². The summed E-state index contributed by atoms with van der Waals surface area (Å²) >= 11 is 7.24. The highest BCUT2D eigenvalue weighted by molar-refractivity contribution is 7.98. The van der Waals surface area contributed by atoms with Crippen LogP contribution in [0.1, 0.15) is 27.2 Å². The molecule has 32 heavy (non-hydrogen) atoms. The van der Waals surface area contributed by atoms with Crippen LogP contribution in [-0.4, -0.2) is 29.1 Å². The molecule has 0 fully saturated rings. The fraction of sp³-hybridized carbons (Fsp3) is 0.190. The number of oxime groups is 1. The van der Waals surface area contributed by atoms with Gasteiger partial charge in [0.25, 0.3) is 0 Å². The second kappa shape index (κ2) is 10.1. The minimum Gasteiger partial charge on any atom is -0.497 e. The lowest BCUT2D eigenvalue weighted by Crippen LogP contribution is -2.09. The van der Waals surface area contributed by atoms with Gasteiger partial charge in [0.2, 0.25) is 0 Å². The zero-order valence-electron chi connectivity index (χ0n) is 16.9. The van der Waals surface area contributed by atoms with Crippen molar-refractivity contribution in [1.29, 1.82) is 0 Å². The van der Waals surface area contributed by atoms with Gasteiger partial charge in [-0.15, -0.1) is 11.8 Å². The first-order valence-corrected chi connectivity index (χ1v) is 10.5. The highest BCUT2D eigenvalue weighted by Crippen LogP contribution is 2.36. The van der Waals surface area contributed by atoms with Gasteiger partial charge in [-0.05, 0) is 35.9 Å². The van der Waals surface area contributed by atoms with Crippen LogP contribution >= 0.6 is 23.4 Å². The number of hydrogen-bond donors (Lipinski definition) is 0. The zero-order chi connectivity index (χ0) is 23.3. The van der Waals surface area contributed by atoms with Gasteiger partial charge in [0.05, 0.1) is 24.5 Å². The molecular weight excluding hydrogens is 467 g/mol. The summed E-state index contributed by atoms with van der Waals surface area (Å²) in [4.78, 5) is 16.9. The smallest absolute Gasteiger partial charge is 0.435 e. The fourth-order valence-electron chi connectivity index (χ4n) is 2.69. The third kappa shape index (κ3) is 5.63. The Hall–Kier alpha value is -2.98. The van der Waals surface area contributed by atoms with Crippen LogP contribution in [0, 0.1) is 0 Å². The lowest BCUT2D eigenvalue weighted by Gasteiger charge is -2.06. The molecule has 168 valence electrons. The minimum atomic E-state index is -4.72. The lowest BCUT2D eigenvalue weighted by molar-refractivity contribution is -0.141. The van der Waals surface area contributed by atoms with Gasteiger partial charge in [-0.2, -0.15) is 18.3 Å². The maximum atomic E-state index is 13.5. The Morgan fingerprint density at radius 1 is 1.22 bits per heavy atom. The molecule has 0 bridgehead atoms. The van der Waals surface area contributed by atoms with Crippen LogP contribution in [0.2, 0.25) is 5.02 Å². The summed E-state index contributed by atoms with van der Waals surface area (Å²) in [7, 11) is 2.87. The number of halogens is 4. The summed E-state index contributed by atoms with van der Waals surface area (Å²) in [6.07, 6.45) is -3.88. The fourth-order valence-corrected chi connectivity index (χ4v) is 4.05. The molecule has 3 rings (SSSR count). The van der Waals surface area contributed by atoms with Gasteiger partial charge in [-0.1, -0.05) is 35.0 Å². The number of thioether (sulfide) groups is 1. The monoisotopic (exact) mass is 483 g/mol. The maximum Gasteiger partial charge on any atom is 0.435 e. The molecule has 0 aliphatic heterocycles. The Bertz CT molecular complexity index is 1130. The van der Waals surface area contributed by atoms with E-state index in [1.54, 1.807) is 36.4 Å². The van der Waals surface area contributed by atoms with Crippen LogP contribution in [0.25, 0.3) is 0 Å². The first-order valence-electron chi connectivity index (χ1n) is 9.10. The van der Waals surface area contributed by atoms with Crippen molar-refractivity contribution in [3.05, 3.63) is 75.9 Å². The SMILES string of the molecule is COc1ccc(C(=O)O/N=C/c2c(C(F)(F)F)nn(C)c2SCc2ccccc2Cl)cc1. The summed E-state index contributed by atoms with van der Waals surface area (Å²) in [6, 6.07) is 13.0. The molecule has 3 aromatic rings. The molecule has 1 heterocycles. The molecular formula is C21H17ClF3N3O3S. The standard InChI is InChI=1S/C21H17ClF3N3O3S/c1-28-19(32-12-14-5-3-4-6-17(14)22)16(18(27-28)21(23,24)25)11-26-31-20(29)13-7-9-15(30-2)10-8-13/h3-11H,12H2,1-2H3/b26-11+. The van der Waals surface area contributed by atoms with E-state index in [2.05, 4.69) is 10.3 Å². The molecule has 1 aromatic heterocycles. The van der Waals surface area contributed by atoms with Crippen molar-refractivity contribution >= 4 is 35.5 Å². The number of alkyl halides is 3. The number of benzene rings is 2. The number of carbonyl (C=O) groups is 1. The van der Waals surface area contributed by atoms with Crippen LogP contribution in [0.3, 0.4) is 0 Å². The second-order valence-corrected chi connectivity index (χ2v) is 7.78. The maximum absolute atomic E-state index is 13.5. The van der Waals surface area contributed by atoms with E-state index in [9.17, 15) is 18.0 Å². The van der Waals surface area contributed by atoms with Crippen molar-refractivity contribution in [2.45, 2.75) is 17.0 Å². The van der Waals surface area contributed by atoms with E-state index < -0.39 is 17.8 Å². The summed E-state index contributed by atoms with van der Waals surface area (Å²) in [6.45, 7) is 0. The number of nitrogens with zero attached hydrogens (tertiary/aromatic N) is 3. The van der Waals surface area contributed by atoms with E-state index in [1.807, 2.05) is 0 Å². The second-order valence-electron chi connectivity index (χ2n) is 6.41. The van der Waals surface area contributed by atoms with Crippen molar-refractivity contribution in [2.24, 2.45) is 12.2 Å². The number of aromatic nitrogens is 2. The topological polar surface area (TPSA) is 65.7 Å². The van der Waals surface area contributed by atoms with Gasteiger partial charge in [0.15, 0.2) is 5.69 Å². The van der Waals surface area contributed by atoms with Crippen LogP contribution in [0.15, 0.2) is 58.7 Å². The first-order chi connectivity index (χ1) is 15.2. The summed E-state index contributed by atoms with van der Waals surface area (Å²) in [5, 5.41) is 7.76. The molecule has 0 radical (unpaired) electrons. The lowest BCUT2D eigenvalue weighted by atomic mass is 10.2. The van der Waals surface area contributed by atoms with E-state index >= 15 is 0 Å².